The van der Waals surface area contributed by atoms with Crippen molar-refractivity contribution in [3.63, 3.8) is 0 Å². The van der Waals surface area contributed by atoms with Crippen LogP contribution in [0.1, 0.15) is 13.8 Å². The summed E-state index contributed by atoms with van der Waals surface area (Å²) < 4.78 is 13.9. The zero-order valence-electron chi connectivity index (χ0n) is 8.80. The predicted octanol–water partition coefficient (Wildman–Crippen LogP) is 2.38. The van der Waals surface area contributed by atoms with Crippen molar-refractivity contribution < 1.29 is 4.39 Å². The fourth-order valence-electron chi connectivity index (χ4n) is 0.995. The van der Waals surface area contributed by atoms with Crippen LogP contribution in [0.4, 0.5) is 10.2 Å². The Kier molecular flexibility index (Phi) is 4.47. The van der Waals surface area contributed by atoms with E-state index in [0.29, 0.717) is 16.9 Å². The van der Waals surface area contributed by atoms with E-state index in [4.69, 9.17) is 5.73 Å². The van der Waals surface area contributed by atoms with Crippen molar-refractivity contribution in [1.82, 2.24) is 4.98 Å². The highest BCUT2D eigenvalue weighted by Crippen LogP contribution is 2.16. The predicted molar refractivity (Wildman–Crippen MR) is 63.2 cm³/mol. The van der Waals surface area contributed by atoms with Crippen LogP contribution in [0.25, 0.3) is 0 Å². The van der Waals surface area contributed by atoms with Crippen LogP contribution < -0.4 is 11.1 Å². The Hall–Kier alpha value is -0.680. The molecule has 0 spiro atoms. The molecule has 0 saturated carbocycles. The first-order valence-corrected chi connectivity index (χ1v) is 5.60. The fraction of sp³-hybridized carbons (Fsp3) is 0.500. The molecule has 1 unspecified atom stereocenters. The van der Waals surface area contributed by atoms with Gasteiger partial charge in [0, 0.05) is 23.3 Å². The molecular weight excluding hydrogens is 261 g/mol. The molecule has 84 valence electrons. The number of nitrogens with two attached hydrogens (primary N) is 1. The van der Waals surface area contributed by atoms with Crippen LogP contribution in [0, 0.1) is 11.7 Å². The van der Waals surface area contributed by atoms with E-state index in [2.05, 4.69) is 26.2 Å². The van der Waals surface area contributed by atoms with E-state index in [0.717, 1.165) is 0 Å². The van der Waals surface area contributed by atoms with Crippen molar-refractivity contribution in [3.05, 3.63) is 22.6 Å². The molecule has 0 amide bonds. The zero-order chi connectivity index (χ0) is 11.4. The number of nitrogens with zero attached hydrogens (tertiary/aromatic N) is 1. The lowest BCUT2D eigenvalue weighted by molar-refractivity contribution is 0.509. The van der Waals surface area contributed by atoms with Crippen molar-refractivity contribution in [2.75, 3.05) is 11.9 Å². The van der Waals surface area contributed by atoms with Gasteiger partial charge >= 0.3 is 0 Å². The summed E-state index contributed by atoms with van der Waals surface area (Å²) in [5.74, 6) is 0.227. The zero-order valence-corrected chi connectivity index (χ0v) is 10.4. The van der Waals surface area contributed by atoms with Crippen LogP contribution in [-0.2, 0) is 0 Å². The second-order valence-electron chi connectivity index (χ2n) is 3.77. The van der Waals surface area contributed by atoms with Gasteiger partial charge in [-0.15, -0.1) is 0 Å². The molecule has 1 heterocycles. The van der Waals surface area contributed by atoms with Crippen LogP contribution in [0.3, 0.4) is 0 Å². The van der Waals surface area contributed by atoms with Gasteiger partial charge in [0.1, 0.15) is 0 Å². The van der Waals surface area contributed by atoms with E-state index in [1.165, 1.54) is 6.07 Å². The number of pyridine rings is 1. The molecule has 1 atom stereocenters. The first-order valence-electron chi connectivity index (χ1n) is 4.81. The molecule has 1 rings (SSSR count). The topological polar surface area (TPSA) is 50.9 Å². The summed E-state index contributed by atoms with van der Waals surface area (Å²) in [5.41, 5.74) is 5.82. The minimum absolute atomic E-state index is 0.00477. The molecule has 0 bridgehead atoms. The third-order valence-electron chi connectivity index (χ3n) is 2.17. The number of halogens is 2. The number of rotatable bonds is 4. The summed E-state index contributed by atoms with van der Waals surface area (Å²) in [5, 5.41) is 2.89. The summed E-state index contributed by atoms with van der Waals surface area (Å²) in [6, 6.07) is 1.37. The smallest absolute Gasteiger partial charge is 0.166 e. The summed E-state index contributed by atoms with van der Waals surface area (Å²) in [4.78, 5) is 3.92. The van der Waals surface area contributed by atoms with Gasteiger partial charge in [-0.05, 0) is 27.9 Å². The fourth-order valence-corrected chi connectivity index (χ4v) is 1.30. The molecule has 0 aliphatic carbocycles. The average Bonchev–Trinajstić information content (AvgIpc) is 2.15. The normalized spacial score (nSPS) is 12.9. The molecule has 0 aliphatic rings. The lowest BCUT2D eigenvalue weighted by atomic mass is 10.1. The molecule has 1 aromatic rings. The first-order chi connectivity index (χ1) is 7.00. The molecule has 3 N–H and O–H groups in total. The van der Waals surface area contributed by atoms with Crippen LogP contribution in [0.5, 0.6) is 0 Å². The number of aromatic nitrogens is 1. The molecule has 1 aromatic heterocycles. The Bertz CT molecular complexity index is 330. The summed E-state index contributed by atoms with van der Waals surface area (Å²) in [6.45, 7) is 4.57. The van der Waals surface area contributed by atoms with Crippen LogP contribution in [0.15, 0.2) is 16.7 Å². The molecule has 0 fully saturated rings. The van der Waals surface area contributed by atoms with Crippen LogP contribution in [0.2, 0.25) is 0 Å². The third kappa shape index (κ3) is 3.76. The van der Waals surface area contributed by atoms with Gasteiger partial charge in [0.2, 0.25) is 0 Å². The lowest BCUT2D eigenvalue weighted by Crippen LogP contribution is -2.34. The molecule has 3 nitrogen and oxygen atoms in total. The van der Waals surface area contributed by atoms with Gasteiger partial charge in [-0.2, -0.15) is 0 Å². The number of hydrogen-bond acceptors (Lipinski definition) is 3. The number of anilines is 1. The largest absolute Gasteiger partial charge is 0.366 e. The Morgan fingerprint density at radius 2 is 2.27 bits per heavy atom. The third-order valence-corrected chi connectivity index (χ3v) is 2.60. The molecule has 5 heteroatoms. The highest BCUT2D eigenvalue weighted by molar-refractivity contribution is 9.10. The van der Waals surface area contributed by atoms with Crippen LogP contribution >= 0.6 is 15.9 Å². The summed E-state index contributed by atoms with van der Waals surface area (Å²) in [6.07, 6.45) is 1.55. The quantitative estimate of drug-likeness (QED) is 0.887. The Balaban J connectivity index is 2.58. The van der Waals surface area contributed by atoms with Gasteiger partial charge < -0.3 is 11.1 Å². The molecule has 0 aromatic carbocycles. The summed E-state index contributed by atoms with van der Waals surface area (Å²) >= 11 is 3.14. The summed E-state index contributed by atoms with van der Waals surface area (Å²) in [7, 11) is 0. The maximum absolute atomic E-state index is 13.3. The molecule has 0 aliphatic heterocycles. The van der Waals surface area contributed by atoms with E-state index >= 15 is 0 Å². The van der Waals surface area contributed by atoms with E-state index < -0.39 is 0 Å². The SMILES string of the molecule is CC(C)C(N)CNc1ncc(Br)cc1F. The second-order valence-corrected chi connectivity index (χ2v) is 4.69. The van der Waals surface area contributed by atoms with Crippen LogP contribution in [-0.4, -0.2) is 17.6 Å². The van der Waals surface area contributed by atoms with Crippen molar-refractivity contribution in [2.45, 2.75) is 19.9 Å². The monoisotopic (exact) mass is 275 g/mol. The minimum atomic E-state index is -0.375. The van der Waals surface area contributed by atoms with Crippen molar-refractivity contribution >= 4 is 21.7 Å². The molecular formula is C10H15BrFN3. The number of hydrogen-bond donors (Lipinski definition) is 2. The van der Waals surface area contributed by atoms with Crippen molar-refractivity contribution in [2.24, 2.45) is 11.7 Å². The van der Waals surface area contributed by atoms with E-state index in [1.807, 2.05) is 13.8 Å². The average molecular weight is 276 g/mol. The maximum atomic E-state index is 13.3. The lowest BCUT2D eigenvalue weighted by Gasteiger charge is -2.16. The molecule has 15 heavy (non-hydrogen) atoms. The van der Waals surface area contributed by atoms with Gasteiger partial charge in [0.05, 0.1) is 0 Å². The number of nitrogens with one attached hydrogen (secondary N) is 1. The van der Waals surface area contributed by atoms with Crippen molar-refractivity contribution in [1.29, 1.82) is 0 Å². The van der Waals surface area contributed by atoms with E-state index in [1.54, 1.807) is 6.20 Å². The van der Waals surface area contributed by atoms with Gasteiger partial charge in [-0.25, -0.2) is 9.37 Å². The molecule has 0 radical (unpaired) electrons. The van der Waals surface area contributed by atoms with Gasteiger partial charge in [-0.3, -0.25) is 0 Å². The first kappa shape index (κ1) is 12.4. The van der Waals surface area contributed by atoms with E-state index in [-0.39, 0.29) is 17.7 Å². The van der Waals surface area contributed by atoms with Gasteiger partial charge in [0.15, 0.2) is 11.6 Å². The molecule has 0 saturated heterocycles. The van der Waals surface area contributed by atoms with Gasteiger partial charge in [-0.1, -0.05) is 13.8 Å². The van der Waals surface area contributed by atoms with Gasteiger partial charge in [0.25, 0.3) is 0 Å². The van der Waals surface area contributed by atoms with Crippen molar-refractivity contribution in [3.8, 4) is 0 Å². The standard InChI is InChI=1S/C10H15BrFN3/c1-6(2)9(13)5-15-10-8(12)3-7(11)4-14-10/h3-4,6,9H,5,13H2,1-2H3,(H,14,15). The highest BCUT2D eigenvalue weighted by Gasteiger charge is 2.09. The maximum Gasteiger partial charge on any atom is 0.166 e. The Morgan fingerprint density at radius 1 is 1.60 bits per heavy atom. The van der Waals surface area contributed by atoms with E-state index in [9.17, 15) is 4.39 Å². The highest BCUT2D eigenvalue weighted by atomic mass is 79.9. The Morgan fingerprint density at radius 3 is 2.80 bits per heavy atom. The Labute approximate surface area is 97.4 Å². The second kappa shape index (κ2) is 5.42. The minimum Gasteiger partial charge on any atom is -0.366 e.